The first-order chi connectivity index (χ1) is 7.65. The number of allylic oxidation sites excluding steroid dienone is 1. The molecule has 0 bridgehead atoms. The molecule has 0 saturated heterocycles. The van der Waals surface area contributed by atoms with Crippen molar-refractivity contribution in [3.05, 3.63) is 47.5 Å². The van der Waals surface area contributed by atoms with E-state index in [0.717, 1.165) is 5.56 Å². The van der Waals surface area contributed by atoms with E-state index in [1.165, 1.54) is 0 Å². The Morgan fingerprint density at radius 2 is 2.00 bits per heavy atom. The molecule has 0 fully saturated rings. The third-order valence-electron chi connectivity index (χ3n) is 2.38. The van der Waals surface area contributed by atoms with E-state index in [0.29, 0.717) is 12.2 Å². The summed E-state index contributed by atoms with van der Waals surface area (Å²) in [6.45, 7) is 6.19. The number of aryl methyl sites for hydroxylation is 1. The fourth-order valence-electron chi connectivity index (χ4n) is 1.32. The number of hydrogen-bond donors (Lipinski definition) is 0. The lowest BCUT2D eigenvalue weighted by molar-refractivity contribution is 0.0566. The molecule has 16 heavy (non-hydrogen) atoms. The topological polar surface area (TPSA) is 26.3 Å². The maximum absolute atomic E-state index is 11.9. The minimum Gasteiger partial charge on any atom is -0.366 e. The Kier molecular flexibility index (Phi) is 4.93. The van der Waals surface area contributed by atoms with Gasteiger partial charge in [0, 0.05) is 5.56 Å². The van der Waals surface area contributed by atoms with Gasteiger partial charge in [-0.15, -0.1) is 0 Å². The van der Waals surface area contributed by atoms with Crippen LogP contribution < -0.4 is 0 Å². The van der Waals surface area contributed by atoms with E-state index < -0.39 is 0 Å². The van der Waals surface area contributed by atoms with Gasteiger partial charge in [0.15, 0.2) is 5.78 Å². The second-order valence-electron chi connectivity index (χ2n) is 3.77. The maximum atomic E-state index is 11.9. The van der Waals surface area contributed by atoms with Crippen LogP contribution in [0.25, 0.3) is 0 Å². The SMILES string of the molecule is CC=CCOC(C)C(=O)c1ccc(C)cc1. The van der Waals surface area contributed by atoms with Gasteiger partial charge >= 0.3 is 0 Å². The molecule has 0 aromatic heterocycles. The van der Waals surface area contributed by atoms with Crippen LogP contribution in [0.1, 0.15) is 29.8 Å². The Bertz CT molecular complexity index is 363. The summed E-state index contributed by atoms with van der Waals surface area (Å²) in [6, 6.07) is 7.55. The van der Waals surface area contributed by atoms with Crippen molar-refractivity contribution in [2.24, 2.45) is 0 Å². The molecule has 0 saturated carbocycles. The van der Waals surface area contributed by atoms with Crippen molar-refractivity contribution in [2.75, 3.05) is 6.61 Å². The number of Topliss-reactive ketones (excluding diaryl/α,β-unsaturated/α-hetero) is 1. The Balaban J connectivity index is 2.59. The van der Waals surface area contributed by atoms with Crippen LogP contribution in [0.15, 0.2) is 36.4 Å². The summed E-state index contributed by atoms with van der Waals surface area (Å²) in [4.78, 5) is 11.9. The number of carbonyl (C=O) groups excluding carboxylic acids is 1. The summed E-state index contributed by atoms with van der Waals surface area (Å²) < 4.78 is 5.39. The number of ketones is 1. The highest BCUT2D eigenvalue weighted by Crippen LogP contribution is 2.08. The first-order valence-corrected chi connectivity index (χ1v) is 5.48. The van der Waals surface area contributed by atoms with Gasteiger partial charge in [0.2, 0.25) is 0 Å². The molecule has 1 unspecified atom stereocenters. The normalized spacial score (nSPS) is 12.9. The van der Waals surface area contributed by atoms with Crippen molar-refractivity contribution in [3.8, 4) is 0 Å². The molecule has 2 nitrogen and oxygen atoms in total. The van der Waals surface area contributed by atoms with Crippen molar-refractivity contribution in [2.45, 2.75) is 26.9 Å². The summed E-state index contributed by atoms with van der Waals surface area (Å²) in [5, 5.41) is 0. The summed E-state index contributed by atoms with van der Waals surface area (Å²) in [7, 11) is 0. The fourth-order valence-corrected chi connectivity index (χ4v) is 1.32. The zero-order chi connectivity index (χ0) is 12.0. The smallest absolute Gasteiger partial charge is 0.191 e. The van der Waals surface area contributed by atoms with Gasteiger partial charge in [0.25, 0.3) is 0 Å². The fraction of sp³-hybridized carbons (Fsp3) is 0.357. The van der Waals surface area contributed by atoms with Crippen LogP contribution in [-0.2, 0) is 4.74 Å². The van der Waals surface area contributed by atoms with E-state index in [1.54, 1.807) is 6.92 Å². The predicted octanol–water partition coefficient (Wildman–Crippen LogP) is 3.16. The van der Waals surface area contributed by atoms with Crippen molar-refractivity contribution >= 4 is 5.78 Å². The number of carbonyl (C=O) groups is 1. The van der Waals surface area contributed by atoms with Crippen LogP contribution in [0.3, 0.4) is 0 Å². The zero-order valence-electron chi connectivity index (χ0n) is 10.1. The van der Waals surface area contributed by atoms with E-state index in [4.69, 9.17) is 4.74 Å². The minimum absolute atomic E-state index is 0.0319. The highest BCUT2D eigenvalue weighted by molar-refractivity contribution is 5.99. The second-order valence-corrected chi connectivity index (χ2v) is 3.77. The summed E-state index contributed by atoms with van der Waals surface area (Å²) in [5.41, 5.74) is 1.86. The Hall–Kier alpha value is -1.41. The highest BCUT2D eigenvalue weighted by Gasteiger charge is 2.14. The minimum atomic E-state index is -0.390. The molecule has 0 aliphatic carbocycles. The van der Waals surface area contributed by atoms with E-state index in [9.17, 15) is 4.79 Å². The first-order valence-electron chi connectivity index (χ1n) is 5.48. The molecule has 1 rings (SSSR count). The Morgan fingerprint density at radius 3 is 2.56 bits per heavy atom. The van der Waals surface area contributed by atoms with Crippen LogP contribution in [0.2, 0.25) is 0 Å². The molecular weight excluding hydrogens is 200 g/mol. The van der Waals surface area contributed by atoms with Crippen LogP contribution in [0, 0.1) is 6.92 Å². The molecular formula is C14H18O2. The van der Waals surface area contributed by atoms with Crippen LogP contribution >= 0.6 is 0 Å². The van der Waals surface area contributed by atoms with Crippen molar-refractivity contribution < 1.29 is 9.53 Å². The lowest BCUT2D eigenvalue weighted by Crippen LogP contribution is -2.20. The van der Waals surface area contributed by atoms with Gasteiger partial charge in [-0.25, -0.2) is 0 Å². The van der Waals surface area contributed by atoms with Crippen molar-refractivity contribution in [3.63, 3.8) is 0 Å². The molecule has 0 amide bonds. The molecule has 0 aliphatic heterocycles. The number of rotatable bonds is 5. The summed E-state index contributed by atoms with van der Waals surface area (Å²) >= 11 is 0. The average molecular weight is 218 g/mol. The van der Waals surface area contributed by atoms with Gasteiger partial charge in [0.1, 0.15) is 6.10 Å². The molecule has 0 aliphatic rings. The van der Waals surface area contributed by atoms with E-state index in [1.807, 2.05) is 50.3 Å². The molecule has 2 heteroatoms. The van der Waals surface area contributed by atoms with Gasteiger partial charge < -0.3 is 4.74 Å². The van der Waals surface area contributed by atoms with Gasteiger partial charge in [-0.2, -0.15) is 0 Å². The number of ether oxygens (including phenoxy) is 1. The lowest BCUT2D eigenvalue weighted by atomic mass is 10.1. The van der Waals surface area contributed by atoms with E-state index in [2.05, 4.69) is 0 Å². The second kappa shape index (κ2) is 6.23. The van der Waals surface area contributed by atoms with Crippen molar-refractivity contribution in [1.29, 1.82) is 0 Å². The predicted molar refractivity (Wildman–Crippen MR) is 65.7 cm³/mol. The zero-order valence-corrected chi connectivity index (χ0v) is 10.1. The van der Waals surface area contributed by atoms with Gasteiger partial charge in [-0.3, -0.25) is 4.79 Å². The number of hydrogen-bond acceptors (Lipinski definition) is 2. The molecule has 0 N–H and O–H groups in total. The standard InChI is InChI=1S/C14H18O2/c1-4-5-10-16-12(3)14(15)13-8-6-11(2)7-9-13/h4-9,12H,10H2,1-3H3. The molecule has 0 heterocycles. The first kappa shape index (κ1) is 12.7. The van der Waals surface area contributed by atoms with Crippen LogP contribution in [0.4, 0.5) is 0 Å². The lowest BCUT2D eigenvalue weighted by Gasteiger charge is -2.10. The van der Waals surface area contributed by atoms with Crippen LogP contribution in [-0.4, -0.2) is 18.5 Å². The maximum Gasteiger partial charge on any atom is 0.191 e. The van der Waals surface area contributed by atoms with Crippen LogP contribution in [0.5, 0.6) is 0 Å². The highest BCUT2D eigenvalue weighted by atomic mass is 16.5. The Labute approximate surface area is 96.9 Å². The molecule has 1 aromatic carbocycles. The largest absolute Gasteiger partial charge is 0.366 e. The molecule has 0 radical (unpaired) electrons. The molecule has 86 valence electrons. The number of benzene rings is 1. The monoisotopic (exact) mass is 218 g/mol. The third kappa shape index (κ3) is 3.63. The van der Waals surface area contributed by atoms with E-state index in [-0.39, 0.29) is 11.9 Å². The average Bonchev–Trinajstić information content (AvgIpc) is 2.29. The Morgan fingerprint density at radius 1 is 1.38 bits per heavy atom. The van der Waals surface area contributed by atoms with Gasteiger partial charge in [-0.1, -0.05) is 42.0 Å². The third-order valence-corrected chi connectivity index (χ3v) is 2.38. The van der Waals surface area contributed by atoms with Gasteiger partial charge in [0.05, 0.1) is 6.61 Å². The summed E-state index contributed by atoms with van der Waals surface area (Å²) in [5.74, 6) is 0.0319. The van der Waals surface area contributed by atoms with Gasteiger partial charge in [-0.05, 0) is 20.8 Å². The van der Waals surface area contributed by atoms with E-state index >= 15 is 0 Å². The molecule has 1 aromatic rings. The quantitative estimate of drug-likeness (QED) is 0.560. The van der Waals surface area contributed by atoms with Crippen molar-refractivity contribution in [1.82, 2.24) is 0 Å². The summed E-state index contributed by atoms with van der Waals surface area (Å²) in [6.07, 6.45) is 3.40. The molecule has 0 spiro atoms. The molecule has 1 atom stereocenters.